The SMILES string of the molecule is Cc1ccc(-c2ccc(O)c(C(=O)Nc3ccc([N+](=O)[O-])cc3Cl)c2)c(F)c1. The predicted octanol–water partition coefficient (Wildman–Crippen LogP) is 5.32. The molecule has 0 unspecified atom stereocenters. The maximum atomic E-state index is 14.2. The summed E-state index contributed by atoms with van der Waals surface area (Å²) < 4.78 is 14.2. The van der Waals surface area contributed by atoms with E-state index in [-0.39, 0.29) is 33.3 Å². The van der Waals surface area contributed by atoms with Crippen molar-refractivity contribution in [1.29, 1.82) is 0 Å². The fraction of sp³-hybridized carbons (Fsp3) is 0.0500. The van der Waals surface area contributed by atoms with Crippen LogP contribution in [0.15, 0.2) is 54.6 Å². The van der Waals surface area contributed by atoms with Gasteiger partial charge in [0.15, 0.2) is 0 Å². The zero-order valence-corrected chi connectivity index (χ0v) is 15.3. The minimum atomic E-state index is -0.692. The molecule has 0 bridgehead atoms. The number of nitro benzene ring substituents is 1. The fourth-order valence-electron chi connectivity index (χ4n) is 2.65. The van der Waals surface area contributed by atoms with Crippen molar-refractivity contribution in [2.75, 3.05) is 5.32 Å². The van der Waals surface area contributed by atoms with Crippen LogP contribution < -0.4 is 5.32 Å². The highest BCUT2D eigenvalue weighted by Crippen LogP contribution is 2.31. The second kappa shape index (κ2) is 7.66. The number of hydrogen-bond donors (Lipinski definition) is 2. The van der Waals surface area contributed by atoms with Crippen molar-refractivity contribution >= 4 is 28.9 Å². The van der Waals surface area contributed by atoms with Gasteiger partial charge in [0, 0.05) is 17.7 Å². The number of anilines is 1. The van der Waals surface area contributed by atoms with E-state index in [1.165, 1.54) is 36.4 Å². The lowest BCUT2D eigenvalue weighted by molar-refractivity contribution is -0.384. The molecule has 3 aromatic carbocycles. The van der Waals surface area contributed by atoms with Crippen LogP contribution in [0, 0.1) is 22.9 Å². The van der Waals surface area contributed by atoms with Gasteiger partial charge in [-0.1, -0.05) is 29.8 Å². The number of nitro groups is 1. The molecule has 0 radical (unpaired) electrons. The Labute approximate surface area is 164 Å². The molecular weight excluding hydrogens is 387 g/mol. The number of benzene rings is 3. The molecule has 0 aliphatic carbocycles. The lowest BCUT2D eigenvalue weighted by Gasteiger charge is -2.11. The summed E-state index contributed by atoms with van der Waals surface area (Å²) >= 11 is 5.98. The van der Waals surface area contributed by atoms with Crippen LogP contribution in [-0.2, 0) is 0 Å². The molecule has 0 saturated carbocycles. The Kier molecular flexibility index (Phi) is 5.28. The van der Waals surface area contributed by atoms with Gasteiger partial charge < -0.3 is 10.4 Å². The second-order valence-electron chi connectivity index (χ2n) is 6.09. The van der Waals surface area contributed by atoms with Crippen molar-refractivity contribution in [3.63, 3.8) is 0 Å². The third-order valence-corrected chi connectivity index (χ3v) is 4.40. The molecule has 0 aliphatic rings. The molecule has 6 nitrogen and oxygen atoms in total. The number of amides is 1. The summed E-state index contributed by atoms with van der Waals surface area (Å²) in [4.78, 5) is 22.7. The molecule has 1 amide bonds. The summed E-state index contributed by atoms with van der Waals surface area (Å²) in [7, 11) is 0. The molecule has 3 aromatic rings. The minimum absolute atomic E-state index is 0.0252. The Morgan fingerprint density at radius 3 is 2.54 bits per heavy atom. The van der Waals surface area contributed by atoms with Crippen LogP contribution in [0.1, 0.15) is 15.9 Å². The zero-order valence-electron chi connectivity index (χ0n) is 14.6. The molecule has 142 valence electrons. The lowest BCUT2D eigenvalue weighted by atomic mass is 10.0. The van der Waals surface area contributed by atoms with Gasteiger partial charge in [0.1, 0.15) is 11.6 Å². The average Bonchev–Trinajstić information content (AvgIpc) is 2.64. The van der Waals surface area contributed by atoms with Crippen molar-refractivity contribution < 1.29 is 19.2 Å². The van der Waals surface area contributed by atoms with Crippen LogP contribution >= 0.6 is 11.6 Å². The summed E-state index contributed by atoms with van der Waals surface area (Å²) in [5, 5.41) is 23.3. The third-order valence-electron chi connectivity index (χ3n) is 4.09. The van der Waals surface area contributed by atoms with Crippen molar-refractivity contribution in [2.45, 2.75) is 6.92 Å². The van der Waals surface area contributed by atoms with Gasteiger partial charge in [0.25, 0.3) is 11.6 Å². The molecule has 28 heavy (non-hydrogen) atoms. The smallest absolute Gasteiger partial charge is 0.271 e. The highest BCUT2D eigenvalue weighted by atomic mass is 35.5. The lowest BCUT2D eigenvalue weighted by Crippen LogP contribution is -2.12. The Balaban J connectivity index is 1.93. The summed E-state index contributed by atoms with van der Waals surface area (Å²) in [5.74, 6) is -1.44. The van der Waals surface area contributed by atoms with E-state index in [9.17, 15) is 24.4 Å². The number of aryl methyl sites for hydroxylation is 1. The van der Waals surface area contributed by atoms with Crippen LogP contribution in [0.4, 0.5) is 15.8 Å². The maximum Gasteiger partial charge on any atom is 0.271 e. The molecule has 2 N–H and O–H groups in total. The number of rotatable bonds is 4. The van der Waals surface area contributed by atoms with E-state index in [4.69, 9.17) is 11.6 Å². The quantitative estimate of drug-likeness (QED) is 0.458. The van der Waals surface area contributed by atoms with E-state index >= 15 is 0 Å². The normalized spacial score (nSPS) is 10.5. The first kappa shape index (κ1) is 19.3. The summed E-state index contributed by atoms with van der Waals surface area (Å²) in [6.07, 6.45) is 0. The third kappa shape index (κ3) is 3.94. The largest absolute Gasteiger partial charge is 0.507 e. The van der Waals surface area contributed by atoms with Gasteiger partial charge in [-0.05, 0) is 42.3 Å². The Hall–Kier alpha value is -3.45. The first-order valence-corrected chi connectivity index (χ1v) is 8.49. The molecule has 0 fully saturated rings. The first-order valence-electron chi connectivity index (χ1n) is 8.11. The van der Waals surface area contributed by atoms with Gasteiger partial charge in [-0.25, -0.2) is 4.39 Å². The number of carbonyl (C=O) groups is 1. The van der Waals surface area contributed by atoms with Gasteiger partial charge in [0.2, 0.25) is 0 Å². The van der Waals surface area contributed by atoms with Gasteiger partial charge in [-0.15, -0.1) is 0 Å². The zero-order chi connectivity index (χ0) is 20.4. The summed E-state index contributed by atoms with van der Waals surface area (Å²) in [6.45, 7) is 1.76. The summed E-state index contributed by atoms with van der Waals surface area (Å²) in [5.41, 5.74) is 1.28. The number of hydrogen-bond acceptors (Lipinski definition) is 4. The monoisotopic (exact) mass is 400 g/mol. The number of nitrogens with one attached hydrogen (secondary N) is 1. The van der Waals surface area contributed by atoms with E-state index in [0.717, 1.165) is 11.6 Å². The molecular formula is C20H14ClFN2O4. The Morgan fingerprint density at radius 2 is 1.89 bits per heavy atom. The van der Waals surface area contributed by atoms with E-state index in [0.29, 0.717) is 5.56 Å². The van der Waals surface area contributed by atoms with Gasteiger partial charge >= 0.3 is 0 Å². The number of nitrogens with zero attached hydrogens (tertiary/aromatic N) is 1. The maximum absolute atomic E-state index is 14.2. The number of phenolic OH excluding ortho intramolecular Hbond substituents is 1. The second-order valence-corrected chi connectivity index (χ2v) is 6.50. The molecule has 3 rings (SSSR count). The highest BCUT2D eigenvalue weighted by molar-refractivity contribution is 6.34. The predicted molar refractivity (Wildman–Crippen MR) is 104 cm³/mol. The average molecular weight is 401 g/mol. The Morgan fingerprint density at radius 1 is 1.14 bits per heavy atom. The number of carbonyl (C=O) groups excluding carboxylic acids is 1. The van der Waals surface area contributed by atoms with Crippen molar-refractivity contribution in [2.24, 2.45) is 0 Å². The molecule has 0 saturated heterocycles. The van der Waals surface area contributed by atoms with E-state index < -0.39 is 16.6 Å². The number of halogens is 2. The molecule has 0 spiro atoms. The molecule has 0 aliphatic heterocycles. The van der Waals surface area contributed by atoms with Crippen molar-refractivity contribution in [3.05, 3.63) is 86.7 Å². The topological polar surface area (TPSA) is 92.5 Å². The number of phenols is 1. The summed E-state index contributed by atoms with van der Waals surface area (Å²) in [6, 6.07) is 12.4. The van der Waals surface area contributed by atoms with Crippen molar-refractivity contribution in [3.8, 4) is 16.9 Å². The molecule has 0 aromatic heterocycles. The Bertz CT molecular complexity index is 1100. The van der Waals surface area contributed by atoms with Gasteiger partial charge in [-0.3, -0.25) is 14.9 Å². The number of non-ortho nitro benzene ring substituents is 1. The first-order chi connectivity index (χ1) is 13.3. The van der Waals surface area contributed by atoms with Gasteiger partial charge in [0.05, 0.1) is 21.2 Å². The minimum Gasteiger partial charge on any atom is -0.507 e. The van der Waals surface area contributed by atoms with Crippen LogP contribution in [0.3, 0.4) is 0 Å². The van der Waals surface area contributed by atoms with E-state index in [1.807, 2.05) is 0 Å². The van der Waals surface area contributed by atoms with Crippen LogP contribution in [0.5, 0.6) is 5.75 Å². The fourth-order valence-corrected chi connectivity index (χ4v) is 2.87. The van der Waals surface area contributed by atoms with Crippen LogP contribution in [0.25, 0.3) is 11.1 Å². The van der Waals surface area contributed by atoms with Crippen molar-refractivity contribution in [1.82, 2.24) is 0 Å². The van der Waals surface area contributed by atoms with Crippen LogP contribution in [-0.4, -0.2) is 15.9 Å². The molecule has 8 heteroatoms. The number of aromatic hydroxyl groups is 1. The van der Waals surface area contributed by atoms with E-state index in [1.54, 1.807) is 19.1 Å². The highest BCUT2D eigenvalue weighted by Gasteiger charge is 2.17. The van der Waals surface area contributed by atoms with Gasteiger partial charge in [-0.2, -0.15) is 0 Å². The molecule has 0 atom stereocenters. The van der Waals surface area contributed by atoms with E-state index in [2.05, 4.69) is 5.32 Å². The molecule has 0 heterocycles. The van der Waals surface area contributed by atoms with Crippen LogP contribution in [0.2, 0.25) is 5.02 Å². The standard InChI is InChI=1S/C20H14ClFN2O4/c1-11-2-5-14(17(22)8-11)12-3-7-19(25)15(9-12)20(26)23-18-6-4-13(24(27)28)10-16(18)21/h2-10,25H,1H3,(H,23,26).